The van der Waals surface area contributed by atoms with Gasteiger partial charge in [0.1, 0.15) is 5.69 Å². The first kappa shape index (κ1) is 18.4. The monoisotopic (exact) mass is 363 g/mol. The van der Waals surface area contributed by atoms with Crippen molar-refractivity contribution in [1.82, 2.24) is 4.90 Å². The molecule has 0 saturated heterocycles. The van der Waals surface area contributed by atoms with Gasteiger partial charge in [0.25, 0.3) is 0 Å². The number of hydrogen-bond donors (Lipinski definition) is 2. The number of rotatable bonds is 10. The summed E-state index contributed by atoms with van der Waals surface area (Å²) in [5.41, 5.74) is 0.412. The van der Waals surface area contributed by atoms with Gasteiger partial charge in [-0.15, -0.1) is 0 Å². The Labute approximate surface area is 152 Å². The topological polar surface area (TPSA) is 105 Å². The quantitative estimate of drug-likeness (QED) is 0.486. The molecular formula is C18H25N3O5. The number of hydrogen-bond acceptors (Lipinski definition) is 6. The highest BCUT2D eigenvalue weighted by Gasteiger charge is 2.38. The van der Waals surface area contributed by atoms with Crippen molar-refractivity contribution < 1.29 is 19.6 Å². The van der Waals surface area contributed by atoms with Crippen molar-refractivity contribution in [2.75, 3.05) is 25.0 Å². The molecule has 3 rings (SSSR count). The minimum absolute atomic E-state index is 0.0434. The fraction of sp³-hybridized carbons (Fsp3) is 0.611. The number of carboxylic acid groups (broad SMARTS) is 1. The fourth-order valence-corrected chi connectivity index (χ4v) is 3.47. The summed E-state index contributed by atoms with van der Waals surface area (Å²) >= 11 is 0. The third-order valence-electron chi connectivity index (χ3n) is 5.00. The predicted octanol–water partition coefficient (Wildman–Crippen LogP) is 2.73. The Bertz CT molecular complexity index is 671. The Balaban J connectivity index is 1.62. The third kappa shape index (κ3) is 4.43. The van der Waals surface area contributed by atoms with Crippen LogP contribution in [0.2, 0.25) is 0 Å². The molecule has 26 heavy (non-hydrogen) atoms. The zero-order valence-electron chi connectivity index (χ0n) is 14.9. The van der Waals surface area contributed by atoms with Crippen molar-refractivity contribution in [3.8, 4) is 5.75 Å². The van der Waals surface area contributed by atoms with Gasteiger partial charge in [0, 0.05) is 18.6 Å². The maximum Gasteiger partial charge on any atom is 0.333 e. The minimum atomic E-state index is -0.804. The summed E-state index contributed by atoms with van der Waals surface area (Å²) in [7, 11) is 0. The van der Waals surface area contributed by atoms with Crippen molar-refractivity contribution in [3.05, 3.63) is 28.3 Å². The average Bonchev–Trinajstić information content (AvgIpc) is 3.33. The summed E-state index contributed by atoms with van der Waals surface area (Å²) in [6, 6.07) is 5.35. The molecule has 142 valence electrons. The molecule has 0 amide bonds. The van der Waals surface area contributed by atoms with Crippen LogP contribution in [0.15, 0.2) is 18.2 Å². The van der Waals surface area contributed by atoms with Crippen molar-refractivity contribution in [2.45, 2.75) is 44.7 Å². The lowest BCUT2D eigenvalue weighted by molar-refractivity contribution is -0.385. The molecule has 2 aliphatic carbocycles. The lowest BCUT2D eigenvalue weighted by Crippen LogP contribution is -2.52. The van der Waals surface area contributed by atoms with Crippen molar-refractivity contribution >= 4 is 17.3 Å². The Morgan fingerprint density at radius 3 is 2.73 bits per heavy atom. The summed E-state index contributed by atoms with van der Waals surface area (Å²) in [6.45, 7) is 3.05. The second-order valence-electron chi connectivity index (χ2n) is 7.08. The SMILES string of the molecule is CCOc1cccc(NC2CC(N(CC(=O)O)CC3CC3)C2)c1[N+](=O)[O-]. The van der Waals surface area contributed by atoms with Crippen molar-refractivity contribution in [3.63, 3.8) is 0 Å². The van der Waals surface area contributed by atoms with Crippen LogP contribution in [0.5, 0.6) is 5.75 Å². The van der Waals surface area contributed by atoms with Gasteiger partial charge in [-0.25, -0.2) is 0 Å². The number of benzene rings is 1. The van der Waals surface area contributed by atoms with Gasteiger partial charge in [0.2, 0.25) is 0 Å². The van der Waals surface area contributed by atoms with E-state index in [2.05, 4.69) is 5.32 Å². The largest absolute Gasteiger partial charge is 0.487 e. The molecular weight excluding hydrogens is 338 g/mol. The van der Waals surface area contributed by atoms with Gasteiger partial charge in [-0.1, -0.05) is 6.07 Å². The number of aliphatic carboxylic acids is 1. The minimum Gasteiger partial charge on any atom is -0.487 e. The van der Waals surface area contributed by atoms with E-state index in [1.165, 1.54) is 12.8 Å². The van der Waals surface area contributed by atoms with Crippen LogP contribution in [-0.2, 0) is 4.79 Å². The number of ether oxygens (including phenoxy) is 1. The molecule has 0 spiro atoms. The summed E-state index contributed by atoms with van der Waals surface area (Å²) in [5.74, 6) is 0.0899. The van der Waals surface area contributed by atoms with Gasteiger partial charge in [0.15, 0.2) is 5.75 Å². The maximum absolute atomic E-state index is 11.4. The number of nitrogens with zero attached hydrogens (tertiary/aromatic N) is 2. The summed E-state index contributed by atoms with van der Waals surface area (Å²) in [4.78, 5) is 24.2. The van der Waals surface area contributed by atoms with Gasteiger partial charge in [0.05, 0.1) is 18.1 Å². The lowest BCUT2D eigenvalue weighted by Gasteiger charge is -2.43. The first-order valence-electron chi connectivity index (χ1n) is 9.10. The highest BCUT2D eigenvalue weighted by molar-refractivity contribution is 5.70. The van der Waals surface area contributed by atoms with Crippen LogP contribution in [0.25, 0.3) is 0 Å². The van der Waals surface area contributed by atoms with E-state index in [0.717, 1.165) is 19.4 Å². The molecule has 2 fully saturated rings. The van der Waals surface area contributed by atoms with Gasteiger partial charge in [-0.2, -0.15) is 0 Å². The van der Waals surface area contributed by atoms with Crippen molar-refractivity contribution in [2.24, 2.45) is 5.92 Å². The van der Waals surface area contributed by atoms with E-state index in [-0.39, 0.29) is 30.1 Å². The highest BCUT2D eigenvalue weighted by Crippen LogP contribution is 2.38. The summed E-state index contributed by atoms with van der Waals surface area (Å²) in [6.07, 6.45) is 3.94. The predicted molar refractivity (Wildman–Crippen MR) is 96.6 cm³/mol. The molecule has 8 heteroatoms. The van der Waals surface area contributed by atoms with Crippen LogP contribution in [0.4, 0.5) is 11.4 Å². The van der Waals surface area contributed by atoms with E-state index < -0.39 is 10.9 Å². The van der Waals surface area contributed by atoms with Crippen LogP contribution in [0, 0.1) is 16.0 Å². The van der Waals surface area contributed by atoms with Gasteiger partial charge >= 0.3 is 11.7 Å². The van der Waals surface area contributed by atoms with Crippen LogP contribution in [-0.4, -0.2) is 52.7 Å². The Hall–Kier alpha value is -2.35. The molecule has 0 aliphatic heterocycles. The van der Waals surface area contributed by atoms with Crippen molar-refractivity contribution in [1.29, 1.82) is 0 Å². The molecule has 0 bridgehead atoms. The zero-order chi connectivity index (χ0) is 18.7. The Morgan fingerprint density at radius 2 is 2.15 bits per heavy atom. The van der Waals surface area contributed by atoms with Gasteiger partial charge in [-0.3, -0.25) is 19.8 Å². The van der Waals surface area contributed by atoms with E-state index in [1.807, 2.05) is 4.90 Å². The zero-order valence-corrected chi connectivity index (χ0v) is 14.9. The van der Waals surface area contributed by atoms with Crippen LogP contribution in [0.3, 0.4) is 0 Å². The van der Waals surface area contributed by atoms with E-state index in [1.54, 1.807) is 25.1 Å². The van der Waals surface area contributed by atoms with E-state index in [4.69, 9.17) is 9.84 Å². The number of nitro benzene ring substituents is 1. The molecule has 1 aromatic rings. The second kappa shape index (κ2) is 7.90. The van der Waals surface area contributed by atoms with Gasteiger partial charge < -0.3 is 15.2 Å². The summed E-state index contributed by atoms with van der Waals surface area (Å²) < 4.78 is 5.37. The second-order valence-corrected chi connectivity index (χ2v) is 7.08. The molecule has 0 atom stereocenters. The standard InChI is InChI=1S/C18H25N3O5/c1-2-26-16-5-3-4-15(18(16)21(24)25)19-13-8-14(9-13)20(11-17(22)23)10-12-6-7-12/h3-5,12-14,19H,2,6-11H2,1H3,(H,22,23). The molecule has 0 radical (unpaired) electrons. The fourth-order valence-electron chi connectivity index (χ4n) is 3.47. The van der Waals surface area contributed by atoms with E-state index in [0.29, 0.717) is 18.2 Å². The number of para-hydroxylation sites is 1. The highest BCUT2D eigenvalue weighted by atomic mass is 16.6. The Morgan fingerprint density at radius 1 is 1.42 bits per heavy atom. The van der Waals surface area contributed by atoms with E-state index >= 15 is 0 Å². The smallest absolute Gasteiger partial charge is 0.333 e. The normalized spacial score (nSPS) is 21.9. The molecule has 0 aromatic heterocycles. The van der Waals surface area contributed by atoms with Crippen LogP contribution in [0.1, 0.15) is 32.6 Å². The molecule has 0 unspecified atom stereocenters. The number of nitro groups is 1. The number of anilines is 1. The molecule has 0 heterocycles. The maximum atomic E-state index is 11.4. The first-order valence-corrected chi connectivity index (χ1v) is 9.10. The molecule has 1 aromatic carbocycles. The molecule has 2 aliphatic rings. The molecule has 2 saturated carbocycles. The Kier molecular flexibility index (Phi) is 5.61. The van der Waals surface area contributed by atoms with E-state index in [9.17, 15) is 14.9 Å². The first-order chi connectivity index (χ1) is 12.5. The van der Waals surface area contributed by atoms with Crippen LogP contribution < -0.4 is 10.1 Å². The third-order valence-corrected chi connectivity index (χ3v) is 5.00. The lowest BCUT2D eigenvalue weighted by atomic mass is 9.85. The number of carbonyl (C=O) groups is 1. The van der Waals surface area contributed by atoms with Crippen LogP contribution >= 0.6 is 0 Å². The molecule has 8 nitrogen and oxygen atoms in total. The average molecular weight is 363 g/mol. The number of nitrogens with one attached hydrogen (secondary N) is 1. The summed E-state index contributed by atoms with van der Waals surface area (Å²) in [5, 5.41) is 23.8. The van der Waals surface area contributed by atoms with Gasteiger partial charge in [-0.05, 0) is 50.7 Å². The molecule has 2 N–H and O–H groups in total. The number of carboxylic acids is 1.